The molecule has 2 aromatic rings. The Labute approximate surface area is 135 Å². The number of benzene rings is 2. The zero-order valence-corrected chi connectivity index (χ0v) is 13.1. The molecular weight excluding hydrogens is 292 g/mol. The number of carbonyl (C=O) groups is 2. The molecule has 2 rings (SSSR count). The fourth-order valence-electron chi connectivity index (χ4n) is 2.36. The molecule has 0 unspecified atom stereocenters. The molecular formula is C19H18O4. The number of aryl methyl sites for hydroxylation is 2. The summed E-state index contributed by atoms with van der Waals surface area (Å²) in [6, 6.07) is 12.9. The number of hydrogen-bond acceptors (Lipinski definition) is 3. The van der Waals surface area contributed by atoms with Crippen LogP contribution in [0.1, 0.15) is 32.6 Å². The molecule has 0 heterocycles. The third kappa shape index (κ3) is 4.54. The maximum atomic E-state index is 11.8. The van der Waals surface area contributed by atoms with Crippen LogP contribution in [0.4, 0.5) is 0 Å². The Morgan fingerprint density at radius 2 is 1.83 bits per heavy atom. The van der Waals surface area contributed by atoms with Crippen LogP contribution in [0.3, 0.4) is 0 Å². The Morgan fingerprint density at radius 3 is 2.48 bits per heavy atom. The van der Waals surface area contributed by atoms with E-state index in [1.165, 1.54) is 12.2 Å². The first-order valence-corrected chi connectivity index (χ1v) is 7.20. The Kier molecular flexibility index (Phi) is 5.31. The molecule has 23 heavy (non-hydrogen) atoms. The van der Waals surface area contributed by atoms with Crippen LogP contribution in [0.2, 0.25) is 0 Å². The molecule has 0 saturated heterocycles. The summed E-state index contributed by atoms with van der Waals surface area (Å²) < 4.78 is 5.14. The van der Waals surface area contributed by atoms with Gasteiger partial charge in [-0.25, -0.2) is 9.59 Å². The maximum Gasteiger partial charge on any atom is 0.336 e. The second kappa shape index (κ2) is 7.40. The van der Waals surface area contributed by atoms with Crippen LogP contribution in [0.5, 0.6) is 0 Å². The van der Waals surface area contributed by atoms with E-state index < -0.39 is 11.9 Å². The molecule has 0 saturated carbocycles. The first-order valence-electron chi connectivity index (χ1n) is 7.20. The average molecular weight is 310 g/mol. The van der Waals surface area contributed by atoms with Crippen molar-refractivity contribution < 1.29 is 19.4 Å². The summed E-state index contributed by atoms with van der Waals surface area (Å²) in [7, 11) is 0. The standard InChI is InChI=1S/C19H18O4/c1-13-10-14(2)18(19(21)22)16(11-13)8-9-17(20)23-12-15-6-4-3-5-7-15/h3-11H,12H2,1-2H3,(H,21,22)/b9-8+. The van der Waals surface area contributed by atoms with Crippen LogP contribution in [0.15, 0.2) is 48.5 Å². The van der Waals surface area contributed by atoms with Gasteiger partial charge in [0.05, 0.1) is 5.56 Å². The molecule has 1 N–H and O–H groups in total. The van der Waals surface area contributed by atoms with Gasteiger partial charge in [0, 0.05) is 6.08 Å². The van der Waals surface area contributed by atoms with Crippen molar-refractivity contribution in [1.29, 1.82) is 0 Å². The summed E-state index contributed by atoms with van der Waals surface area (Å²) in [6.45, 7) is 3.80. The van der Waals surface area contributed by atoms with Crippen LogP contribution in [0, 0.1) is 13.8 Å². The lowest BCUT2D eigenvalue weighted by Gasteiger charge is -2.07. The Balaban J connectivity index is 2.10. The summed E-state index contributed by atoms with van der Waals surface area (Å²) >= 11 is 0. The van der Waals surface area contributed by atoms with E-state index in [1.54, 1.807) is 19.1 Å². The monoisotopic (exact) mass is 310 g/mol. The Bertz CT molecular complexity index is 745. The van der Waals surface area contributed by atoms with Crippen molar-refractivity contribution >= 4 is 18.0 Å². The highest BCUT2D eigenvalue weighted by Crippen LogP contribution is 2.19. The molecule has 0 spiro atoms. The predicted molar refractivity (Wildman–Crippen MR) is 88.1 cm³/mol. The van der Waals surface area contributed by atoms with Gasteiger partial charge in [-0.05, 0) is 36.6 Å². The Morgan fingerprint density at radius 1 is 1.13 bits per heavy atom. The van der Waals surface area contributed by atoms with Gasteiger partial charge in [0.15, 0.2) is 0 Å². The molecule has 0 atom stereocenters. The number of carboxylic acid groups (broad SMARTS) is 1. The molecule has 118 valence electrons. The largest absolute Gasteiger partial charge is 0.478 e. The third-order valence-electron chi connectivity index (χ3n) is 3.35. The van der Waals surface area contributed by atoms with Gasteiger partial charge in [-0.3, -0.25) is 0 Å². The van der Waals surface area contributed by atoms with Crippen molar-refractivity contribution in [2.24, 2.45) is 0 Å². The van der Waals surface area contributed by atoms with Crippen LogP contribution in [-0.2, 0) is 16.1 Å². The number of carbonyl (C=O) groups excluding carboxylic acids is 1. The zero-order chi connectivity index (χ0) is 16.8. The summed E-state index contributed by atoms with van der Waals surface area (Å²) in [5, 5.41) is 9.30. The van der Waals surface area contributed by atoms with E-state index in [0.29, 0.717) is 11.1 Å². The first-order chi connectivity index (χ1) is 11.0. The molecule has 0 aliphatic rings. The smallest absolute Gasteiger partial charge is 0.336 e. The predicted octanol–water partition coefficient (Wildman–Crippen LogP) is 3.76. The molecule has 0 radical (unpaired) electrons. The molecule has 2 aromatic carbocycles. The molecule has 0 fully saturated rings. The third-order valence-corrected chi connectivity index (χ3v) is 3.35. The minimum absolute atomic E-state index is 0.183. The fraction of sp³-hybridized carbons (Fsp3) is 0.158. The maximum absolute atomic E-state index is 11.8. The lowest BCUT2D eigenvalue weighted by atomic mass is 9.98. The number of rotatable bonds is 5. The summed E-state index contributed by atoms with van der Waals surface area (Å²) in [5.74, 6) is -1.52. The van der Waals surface area contributed by atoms with Gasteiger partial charge in [0.25, 0.3) is 0 Å². The van der Waals surface area contributed by atoms with Crippen LogP contribution < -0.4 is 0 Å². The van der Waals surface area contributed by atoms with Gasteiger partial charge in [0.2, 0.25) is 0 Å². The highest BCUT2D eigenvalue weighted by molar-refractivity contribution is 5.96. The van der Waals surface area contributed by atoms with Crippen molar-refractivity contribution in [2.45, 2.75) is 20.5 Å². The molecule has 4 nitrogen and oxygen atoms in total. The summed E-state index contributed by atoms with van der Waals surface area (Å²) in [4.78, 5) is 23.1. The van der Waals surface area contributed by atoms with E-state index in [4.69, 9.17) is 4.74 Å². The van der Waals surface area contributed by atoms with E-state index in [1.807, 2.05) is 37.3 Å². The van der Waals surface area contributed by atoms with Crippen molar-refractivity contribution in [3.8, 4) is 0 Å². The lowest BCUT2D eigenvalue weighted by molar-refractivity contribution is -0.138. The van der Waals surface area contributed by atoms with Crippen LogP contribution in [-0.4, -0.2) is 17.0 Å². The van der Waals surface area contributed by atoms with Gasteiger partial charge in [-0.2, -0.15) is 0 Å². The molecule has 0 bridgehead atoms. The quantitative estimate of drug-likeness (QED) is 0.674. The highest BCUT2D eigenvalue weighted by Gasteiger charge is 2.12. The molecule has 0 aliphatic carbocycles. The topological polar surface area (TPSA) is 63.6 Å². The zero-order valence-electron chi connectivity index (χ0n) is 13.1. The molecule has 0 aromatic heterocycles. The number of hydrogen-bond donors (Lipinski definition) is 1. The SMILES string of the molecule is Cc1cc(C)c(C(=O)O)c(/C=C/C(=O)OCc2ccccc2)c1. The minimum atomic E-state index is -1.01. The molecule has 0 amide bonds. The van der Waals surface area contributed by atoms with E-state index >= 15 is 0 Å². The van der Waals surface area contributed by atoms with Gasteiger partial charge < -0.3 is 9.84 Å². The van der Waals surface area contributed by atoms with E-state index in [9.17, 15) is 14.7 Å². The second-order valence-electron chi connectivity index (χ2n) is 5.28. The van der Waals surface area contributed by atoms with Gasteiger partial charge in [0.1, 0.15) is 6.61 Å². The van der Waals surface area contributed by atoms with Crippen LogP contribution >= 0.6 is 0 Å². The minimum Gasteiger partial charge on any atom is -0.478 e. The number of esters is 1. The number of ether oxygens (including phenoxy) is 1. The van der Waals surface area contributed by atoms with Gasteiger partial charge >= 0.3 is 11.9 Å². The lowest BCUT2D eigenvalue weighted by Crippen LogP contribution is -2.04. The fourth-order valence-corrected chi connectivity index (χ4v) is 2.36. The number of carboxylic acids is 1. The summed E-state index contributed by atoms with van der Waals surface area (Å²) in [6.07, 6.45) is 2.74. The Hall–Kier alpha value is -2.88. The summed E-state index contributed by atoms with van der Waals surface area (Å²) in [5.41, 5.74) is 3.18. The van der Waals surface area contributed by atoms with E-state index in [0.717, 1.165) is 11.1 Å². The van der Waals surface area contributed by atoms with E-state index in [-0.39, 0.29) is 12.2 Å². The van der Waals surface area contributed by atoms with Crippen molar-refractivity contribution in [2.75, 3.05) is 0 Å². The number of aromatic carboxylic acids is 1. The normalized spacial score (nSPS) is 10.7. The van der Waals surface area contributed by atoms with Crippen molar-refractivity contribution in [1.82, 2.24) is 0 Å². The van der Waals surface area contributed by atoms with Gasteiger partial charge in [-0.1, -0.05) is 48.0 Å². The average Bonchev–Trinajstić information content (AvgIpc) is 2.50. The second-order valence-corrected chi connectivity index (χ2v) is 5.28. The van der Waals surface area contributed by atoms with Crippen molar-refractivity contribution in [3.05, 3.63) is 76.4 Å². The highest BCUT2D eigenvalue weighted by atomic mass is 16.5. The van der Waals surface area contributed by atoms with E-state index in [2.05, 4.69) is 0 Å². The van der Waals surface area contributed by atoms with Crippen LogP contribution in [0.25, 0.3) is 6.08 Å². The molecule has 0 aliphatic heterocycles. The van der Waals surface area contributed by atoms with Crippen molar-refractivity contribution in [3.63, 3.8) is 0 Å². The first kappa shape index (κ1) is 16.5. The van der Waals surface area contributed by atoms with Gasteiger partial charge in [-0.15, -0.1) is 0 Å². The molecule has 4 heteroatoms.